The molecule has 2 aromatic rings. The van der Waals surface area contributed by atoms with Crippen LogP contribution in [0.3, 0.4) is 0 Å². The van der Waals surface area contributed by atoms with Crippen LogP contribution in [0.5, 0.6) is 0 Å². The molecule has 0 spiro atoms. The predicted octanol–water partition coefficient (Wildman–Crippen LogP) is 5.44. The molecule has 0 N–H and O–H groups in total. The van der Waals surface area contributed by atoms with Gasteiger partial charge in [0.05, 0.1) is 5.56 Å². The summed E-state index contributed by atoms with van der Waals surface area (Å²) in [6.45, 7) is 6.31. The van der Waals surface area contributed by atoms with E-state index in [1.54, 1.807) is 23.5 Å². The molecule has 0 heterocycles. The minimum atomic E-state index is 0.797. The van der Waals surface area contributed by atoms with Gasteiger partial charge in [-0.1, -0.05) is 36.9 Å². The zero-order valence-electron chi connectivity index (χ0n) is 11.9. The van der Waals surface area contributed by atoms with E-state index in [0.717, 1.165) is 21.1 Å². The molecule has 0 aliphatic carbocycles. The van der Waals surface area contributed by atoms with Gasteiger partial charge in [0.25, 0.3) is 0 Å². The summed E-state index contributed by atoms with van der Waals surface area (Å²) >= 11 is 3.41. The Balaban J connectivity index is 2.41. The molecule has 0 unspecified atom stereocenters. The second-order valence-electron chi connectivity index (χ2n) is 4.55. The lowest BCUT2D eigenvalue weighted by molar-refractivity contribution is 1.22. The van der Waals surface area contributed by atoms with Crippen LogP contribution in [-0.2, 0) is 0 Å². The first kappa shape index (κ1) is 15.0. The molecular formula is C17H17NS2. The Bertz CT molecular complexity index is 657. The van der Waals surface area contributed by atoms with Crippen molar-refractivity contribution in [1.82, 2.24) is 0 Å². The van der Waals surface area contributed by atoms with E-state index in [-0.39, 0.29) is 0 Å². The van der Waals surface area contributed by atoms with Crippen LogP contribution in [0.15, 0.2) is 51.1 Å². The van der Waals surface area contributed by atoms with E-state index in [4.69, 9.17) is 0 Å². The number of hydrogen-bond donors (Lipinski definition) is 0. The molecule has 3 heteroatoms. The van der Waals surface area contributed by atoms with Crippen LogP contribution in [0.25, 0.3) is 0 Å². The number of nitrogens with zero attached hydrogens (tertiary/aromatic N) is 1. The summed E-state index contributed by atoms with van der Waals surface area (Å²) < 4.78 is 0. The second kappa shape index (κ2) is 6.88. The van der Waals surface area contributed by atoms with E-state index < -0.39 is 0 Å². The third kappa shape index (κ3) is 3.39. The highest BCUT2D eigenvalue weighted by Gasteiger charge is 2.10. The van der Waals surface area contributed by atoms with Crippen molar-refractivity contribution in [3.05, 3.63) is 53.1 Å². The van der Waals surface area contributed by atoms with Gasteiger partial charge >= 0.3 is 0 Å². The molecule has 102 valence electrons. The Morgan fingerprint density at radius 2 is 1.80 bits per heavy atom. The number of benzene rings is 2. The van der Waals surface area contributed by atoms with E-state index in [1.165, 1.54) is 16.0 Å². The number of aryl methyl sites for hydroxylation is 2. The Morgan fingerprint density at radius 3 is 2.50 bits per heavy atom. The smallest absolute Gasteiger partial charge is 0.101 e. The summed E-state index contributed by atoms with van der Waals surface area (Å²) in [6.07, 6.45) is 0. The summed E-state index contributed by atoms with van der Waals surface area (Å²) in [4.78, 5) is 3.34. The van der Waals surface area contributed by atoms with Gasteiger partial charge in [0, 0.05) is 14.7 Å². The van der Waals surface area contributed by atoms with Gasteiger partial charge in [0.15, 0.2) is 0 Å². The van der Waals surface area contributed by atoms with Crippen LogP contribution in [-0.4, -0.2) is 5.75 Å². The summed E-state index contributed by atoms with van der Waals surface area (Å²) in [5.74, 6) is 0.978. The molecule has 0 atom stereocenters. The lowest BCUT2D eigenvalue weighted by Crippen LogP contribution is -1.88. The van der Waals surface area contributed by atoms with Crippen molar-refractivity contribution in [1.29, 1.82) is 5.26 Å². The number of nitriles is 1. The summed E-state index contributed by atoms with van der Waals surface area (Å²) in [7, 11) is 0. The van der Waals surface area contributed by atoms with Gasteiger partial charge in [0.1, 0.15) is 6.07 Å². The van der Waals surface area contributed by atoms with Gasteiger partial charge in [-0.05, 0) is 48.9 Å². The third-order valence-electron chi connectivity index (χ3n) is 2.96. The third-order valence-corrected chi connectivity index (χ3v) is 5.12. The molecule has 0 amide bonds. The first-order chi connectivity index (χ1) is 9.65. The lowest BCUT2D eigenvalue weighted by atomic mass is 10.2. The largest absolute Gasteiger partial charge is 0.192 e. The maximum absolute atomic E-state index is 9.45. The van der Waals surface area contributed by atoms with Gasteiger partial charge in [0.2, 0.25) is 0 Å². The molecule has 0 saturated carbocycles. The van der Waals surface area contributed by atoms with Crippen molar-refractivity contribution < 1.29 is 0 Å². The van der Waals surface area contributed by atoms with Crippen molar-refractivity contribution in [2.45, 2.75) is 35.5 Å². The fourth-order valence-corrected chi connectivity index (χ4v) is 3.88. The Kier molecular flexibility index (Phi) is 5.17. The highest BCUT2D eigenvalue weighted by atomic mass is 32.2. The summed E-state index contributed by atoms with van der Waals surface area (Å²) in [6, 6.07) is 14.9. The van der Waals surface area contributed by atoms with Gasteiger partial charge < -0.3 is 0 Å². The molecule has 2 aromatic carbocycles. The molecule has 0 bridgehead atoms. The number of rotatable bonds is 4. The summed E-state index contributed by atoms with van der Waals surface area (Å²) in [5, 5.41) is 9.45. The zero-order chi connectivity index (χ0) is 14.5. The van der Waals surface area contributed by atoms with Crippen LogP contribution in [0.4, 0.5) is 0 Å². The fourth-order valence-electron chi connectivity index (χ4n) is 1.92. The highest BCUT2D eigenvalue weighted by molar-refractivity contribution is 8.00. The number of hydrogen-bond acceptors (Lipinski definition) is 3. The number of thioether (sulfide) groups is 1. The van der Waals surface area contributed by atoms with Crippen LogP contribution in [0.1, 0.15) is 23.6 Å². The van der Waals surface area contributed by atoms with Gasteiger partial charge in [-0.2, -0.15) is 5.26 Å². The lowest BCUT2D eigenvalue weighted by Gasteiger charge is -2.10. The van der Waals surface area contributed by atoms with Crippen molar-refractivity contribution >= 4 is 23.5 Å². The SMILES string of the molecule is CCSc1cccc(Sc2cc(C)ccc2C)c1C#N. The van der Waals surface area contributed by atoms with Crippen LogP contribution >= 0.6 is 23.5 Å². The minimum Gasteiger partial charge on any atom is -0.192 e. The van der Waals surface area contributed by atoms with Crippen LogP contribution in [0, 0.1) is 25.2 Å². The summed E-state index contributed by atoms with van der Waals surface area (Å²) in [5.41, 5.74) is 3.29. The molecule has 2 rings (SSSR count). The monoisotopic (exact) mass is 299 g/mol. The van der Waals surface area contributed by atoms with Crippen molar-refractivity contribution in [3.8, 4) is 6.07 Å². The zero-order valence-corrected chi connectivity index (χ0v) is 13.6. The molecule has 0 saturated heterocycles. The maximum Gasteiger partial charge on any atom is 0.101 e. The minimum absolute atomic E-state index is 0.797. The molecule has 0 fully saturated rings. The Morgan fingerprint density at radius 1 is 1.05 bits per heavy atom. The molecule has 1 nitrogen and oxygen atoms in total. The van der Waals surface area contributed by atoms with E-state index in [9.17, 15) is 5.26 Å². The Hall–Kier alpha value is -1.37. The average molecular weight is 299 g/mol. The van der Waals surface area contributed by atoms with Gasteiger partial charge in [-0.25, -0.2) is 0 Å². The standard InChI is InChI=1S/C17H17NS2/c1-4-19-15-6-5-7-16(14(15)11-18)20-17-10-12(2)8-9-13(17)3/h5-10H,4H2,1-3H3. The normalized spacial score (nSPS) is 10.3. The topological polar surface area (TPSA) is 23.8 Å². The van der Waals surface area contributed by atoms with E-state index in [2.05, 4.69) is 45.0 Å². The van der Waals surface area contributed by atoms with Crippen molar-refractivity contribution in [2.24, 2.45) is 0 Å². The van der Waals surface area contributed by atoms with Crippen LogP contribution < -0.4 is 0 Å². The highest BCUT2D eigenvalue weighted by Crippen LogP contribution is 2.36. The first-order valence-electron chi connectivity index (χ1n) is 6.56. The van der Waals surface area contributed by atoms with E-state index in [1.807, 2.05) is 18.2 Å². The molecular weight excluding hydrogens is 282 g/mol. The second-order valence-corrected chi connectivity index (χ2v) is 6.93. The van der Waals surface area contributed by atoms with Crippen molar-refractivity contribution in [3.63, 3.8) is 0 Å². The quantitative estimate of drug-likeness (QED) is 0.702. The molecule has 20 heavy (non-hydrogen) atoms. The molecule has 0 radical (unpaired) electrons. The molecule has 0 aliphatic heterocycles. The maximum atomic E-state index is 9.45. The molecule has 0 aliphatic rings. The van der Waals surface area contributed by atoms with Crippen molar-refractivity contribution in [2.75, 3.05) is 5.75 Å². The van der Waals surface area contributed by atoms with Crippen LogP contribution in [0.2, 0.25) is 0 Å². The van der Waals surface area contributed by atoms with Gasteiger partial charge in [-0.15, -0.1) is 11.8 Å². The Labute approximate surface area is 129 Å². The predicted molar refractivity (Wildman–Crippen MR) is 87.6 cm³/mol. The molecule has 0 aromatic heterocycles. The van der Waals surface area contributed by atoms with E-state index in [0.29, 0.717) is 0 Å². The van der Waals surface area contributed by atoms with Gasteiger partial charge in [-0.3, -0.25) is 0 Å². The van der Waals surface area contributed by atoms with E-state index >= 15 is 0 Å². The average Bonchev–Trinajstić information content (AvgIpc) is 2.43. The fraction of sp³-hybridized carbons (Fsp3) is 0.235. The first-order valence-corrected chi connectivity index (χ1v) is 8.37.